The van der Waals surface area contributed by atoms with Crippen LogP contribution in [0.25, 0.3) is 27.9 Å². The second-order valence-electron chi connectivity index (χ2n) is 9.09. The number of aliphatic carboxylic acids is 1. The van der Waals surface area contributed by atoms with Gasteiger partial charge in [-0.15, -0.1) is 0 Å². The Morgan fingerprint density at radius 3 is 2.70 bits per heavy atom. The molecule has 0 unspecified atom stereocenters. The van der Waals surface area contributed by atoms with Gasteiger partial charge in [-0.25, -0.2) is 12.8 Å². The summed E-state index contributed by atoms with van der Waals surface area (Å²) < 4.78 is 55.9. The van der Waals surface area contributed by atoms with E-state index in [2.05, 4.69) is 0 Å². The largest absolute Gasteiger partial charge is 1.00 e. The van der Waals surface area contributed by atoms with Gasteiger partial charge in [0.05, 0.1) is 32.3 Å². The number of aromatic nitrogens is 1. The molecule has 4 aromatic rings. The summed E-state index contributed by atoms with van der Waals surface area (Å²) in [4.78, 5) is 13.9. The number of fused-ring (bicyclic) bond motifs is 4. The third kappa shape index (κ3) is 6.62. The fraction of sp³-hybridized carbons (Fsp3) is 0.214. The Kier molecular flexibility index (Phi) is 9.44. The first-order chi connectivity index (χ1) is 18.6. The minimum Gasteiger partial charge on any atom is -0.748 e. The summed E-state index contributed by atoms with van der Waals surface area (Å²) in [5, 5.41) is 12.0. The average Bonchev–Trinajstić information content (AvgIpc) is 3.40. The zero-order valence-electron chi connectivity index (χ0n) is 22.0. The van der Waals surface area contributed by atoms with Gasteiger partial charge in [-0.2, -0.15) is 4.57 Å². The van der Waals surface area contributed by atoms with E-state index in [0.717, 1.165) is 26.8 Å². The number of carboxylic acids is 1. The molecule has 2 heterocycles. The molecule has 0 fully saturated rings. The van der Waals surface area contributed by atoms with Crippen LogP contribution in [0.4, 0.5) is 10.1 Å². The van der Waals surface area contributed by atoms with Gasteiger partial charge in [0.1, 0.15) is 12.4 Å². The topological polar surface area (TPSA) is 115 Å². The van der Waals surface area contributed by atoms with Crippen LogP contribution in [-0.4, -0.2) is 36.3 Å². The van der Waals surface area contributed by atoms with E-state index in [1.807, 2.05) is 60.0 Å². The summed E-state index contributed by atoms with van der Waals surface area (Å²) in [6, 6.07) is 15.9. The van der Waals surface area contributed by atoms with Crippen molar-refractivity contribution in [3.63, 3.8) is 0 Å². The van der Waals surface area contributed by atoms with Gasteiger partial charge in [-0.3, -0.25) is 4.79 Å². The van der Waals surface area contributed by atoms with Gasteiger partial charge in [-0.05, 0) is 53.8 Å². The number of hydrogen-bond donors (Lipinski definition) is 1. The first kappa shape index (κ1) is 30.3. The van der Waals surface area contributed by atoms with E-state index in [4.69, 9.17) is 4.42 Å². The summed E-state index contributed by atoms with van der Waals surface area (Å²) in [6.07, 6.45) is 4.36. The molecule has 202 valence electrons. The summed E-state index contributed by atoms with van der Waals surface area (Å²) in [6.45, 7) is 1.86. The molecular formula is C28H25FN2NaO6S2+. The molecule has 0 saturated heterocycles. The molecular weight excluding hydrogens is 566 g/mol. The zero-order chi connectivity index (χ0) is 27.7. The Morgan fingerprint density at radius 2 is 1.98 bits per heavy atom. The summed E-state index contributed by atoms with van der Waals surface area (Å²) in [5.74, 6) is -1.53. The number of allylic oxidation sites excluding steroid dienone is 2. The molecule has 1 aliphatic heterocycles. The molecule has 12 heteroatoms. The van der Waals surface area contributed by atoms with Crippen molar-refractivity contribution in [1.29, 1.82) is 0 Å². The van der Waals surface area contributed by atoms with Crippen LogP contribution in [0.1, 0.15) is 25.7 Å². The number of aryl methyl sites for hydroxylation is 1. The van der Waals surface area contributed by atoms with Gasteiger partial charge in [0.25, 0.3) is 5.52 Å². The second kappa shape index (κ2) is 12.5. The van der Waals surface area contributed by atoms with E-state index in [0.29, 0.717) is 28.6 Å². The predicted molar refractivity (Wildman–Crippen MR) is 147 cm³/mol. The number of benzene rings is 3. The quantitative estimate of drug-likeness (QED) is 0.179. The van der Waals surface area contributed by atoms with Crippen molar-refractivity contribution in [2.24, 2.45) is 0 Å². The fourth-order valence-electron chi connectivity index (χ4n) is 4.65. The number of hydrogen-bond acceptors (Lipinski definition) is 7. The molecule has 1 aromatic heterocycles. The molecule has 0 saturated carbocycles. The van der Waals surface area contributed by atoms with Crippen LogP contribution >= 0.6 is 11.8 Å². The van der Waals surface area contributed by atoms with Crippen LogP contribution < -0.4 is 39.0 Å². The Bertz CT molecular complexity index is 1770. The van der Waals surface area contributed by atoms with Crippen LogP contribution in [0.2, 0.25) is 0 Å². The van der Waals surface area contributed by atoms with E-state index in [1.165, 1.54) is 23.9 Å². The normalized spacial score (nSPS) is 14.6. The number of oxazole rings is 1. The molecule has 0 aliphatic carbocycles. The van der Waals surface area contributed by atoms with Crippen LogP contribution in [0, 0.1) is 5.82 Å². The SMILES string of the molecule is CCC(=Cc1oc2ccc3ccccc3c2[n+]1CCCS(=O)(=O)[O-])C=C1Sc2ccc(F)cc2N1CC(=O)O.[Na+]. The first-order valence-electron chi connectivity index (χ1n) is 12.3. The molecule has 1 N–H and O–H groups in total. The summed E-state index contributed by atoms with van der Waals surface area (Å²) >= 11 is 1.35. The number of nitrogens with zero attached hydrogens (tertiary/aromatic N) is 2. The van der Waals surface area contributed by atoms with Gasteiger partial charge < -0.3 is 19.0 Å². The monoisotopic (exact) mass is 591 g/mol. The minimum absolute atomic E-state index is 0. The summed E-state index contributed by atoms with van der Waals surface area (Å²) in [7, 11) is -4.38. The van der Waals surface area contributed by atoms with E-state index in [-0.39, 0.29) is 49.1 Å². The van der Waals surface area contributed by atoms with Crippen molar-refractivity contribution >= 4 is 61.5 Å². The maximum Gasteiger partial charge on any atom is 1.00 e. The smallest absolute Gasteiger partial charge is 0.748 e. The van der Waals surface area contributed by atoms with Crippen LogP contribution in [-0.2, 0) is 21.5 Å². The van der Waals surface area contributed by atoms with E-state index in [1.54, 1.807) is 11.0 Å². The third-order valence-corrected chi connectivity index (χ3v) is 8.30. The fourth-order valence-corrected chi connectivity index (χ4v) is 6.25. The van der Waals surface area contributed by atoms with Gasteiger partial charge in [0.15, 0.2) is 6.54 Å². The molecule has 0 amide bonds. The molecule has 5 rings (SSSR count). The second-order valence-corrected chi connectivity index (χ2v) is 11.7. The van der Waals surface area contributed by atoms with Crippen molar-refractivity contribution in [3.8, 4) is 0 Å². The van der Waals surface area contributed by atoms with Crippen molar-refractivity contribution in [3.05, 3.63) is 83.0 Å². The predicted octanol–water partition coefficient (Wildman–Crippen LogP) is 2.28. The van der Waals surface area contributed by atoms with Crippen molar-refractivity contribution in [2.45, 2.75) is 31.2 Å². The van der Waals surface area contributed by atoms with E-state index in [9.17, 15) is 27.3 Å². The molecule has 3 aromatic carbocycles. The van der Waals surface area contributed by atoms with Gasteiger partial charge in [-0.1, -0.05) is 43.0 Å². The number of carbonyl (C=O) groups is 1. The number of anilines is 1. The number of rotatable bonds is 9. The summed E-state index contributed by atoms with van der Waals surface area (Å²) in [5.41, 5.74) is 2.71. The zero-order valence-corrected chi connectivity index (χ0v) is 25.6. The number of carboxylic acid groups (broad SMARTS) is 1. The van der Waals surface area contributed by atoms with Gasteiger partial charge in [0.2, 0.25) is 5.58 Å². The molecule has 40 heavy (non-hydrogen) atoms. The number of halogens is 1. The molecule has 0 spiro atoms. The third-order valence-electron chi connectivity index (χ3n) is 6.40. The van der Waals surface area contributed by atoms with E-state index < -0.39 is 27.7 Å². The maximum atomic E-state index is 14.0. The van der Waals surface area contributed by atoms with Crippen molar-refractivity contribution in [1.82, 2.24) is 0 Å². The Morgan fingerprint density at radius 1 is 1.20 bits per heavy atom. The Balaban J connectivity index is 0.00000370. The molecule has 0 atom stereocenters. The standard InChI is InChI=1S/C28H25FN2O6S2.Na/c1-2-18(15-26-31(17-27(32)33)22-16-20(29)9-11-24(22)38-26)14-25-30(12-5-13-39(34,35)36)28-21-7-4-3-6-19(21)8-10-23(28)37-25;/h3-4,6-11,14-16H,2,5,12-13,17H2,1H3,(H-,32,33,34,35,36);/q;+1. The minimum atomic E-state index is -4.38. The van der Waals surface area contributed by atoms with Crippen molar-refractivity contribution < 1.29 is 65.8 Å². The molecule has 0 bridgehead atoms. The van der Waals surface area contributed by atoms with Gasteiger partial charge in [0, 0.05) is 17.1 Å². The van der Waals surface area contributed by atoms with E-state index >= 15 is 0 Å². The van der Waals surface area contributed by atoms with Crippen LogP contribution in [0.3, 0.4) is 0 Å². The van der Waals surface area contributed by atoms with Crippen LogP contribution in [0.5, 0.6) is 0 Å². The Labute approximate surface area is 257 Å². The maximum absolute atomic E-state index is 14.0. The molecule has 0 radical (unpaired) electrons. The first-order valence-corrected chi connectivity index (χ1v) is 14.7. The Hall–Kier alpha value is -2.67. The van der Waals surface area contributed by atoms with Crippen molar-refractivity contribution in [2.75, 3.05) is 17.2 Å². The average molecular weight is 592 g/mol. The molecule has 8 nitrogen and oxygen atoms in total. The van der Waals surface area contributed by atoms with Gasteiger partial charge >= 0.3 is 41.4 Å². The number of thioether (sulfide) groups is 1. The molecule has 1 aliphatic rings. The van der Waals surface area contributed by atoms with Crippen LogP contribution in [0.15, 0.2) is 80.6 Å².